The van der Waals surface area contributed by atoms with Crippen LogP contribution in [0.3, 0.4) is 0 Å². The number of amides is 2. The highest BCUT2D eigenvalue weighted by Gasteiger charge is 2.35. The van der Waals surface area contributed by atoms with Crippen LogP contribution in [0.2, 0.25) is 0 Å². The highest BCUT2D eigenvalue weighted by atomic mass is 16.2. The number of primary amides is 1. The Balaban J connectivity index is 1.86. The Morgan fingerprint density at radius 2 is 1.92 bits per heavy atom. The summed E-state index contributed by atoms with van der Waals surface area (Å²) in [5, 5.41) is 12.9. The summed E-state index contributed by atoms with van der Waals surface area (Å²) in [7, 11) is 1.81. The molecule has 0 spiro atoms. The third-order valence-corrected chi connectivity index (χ3v) is 4.27. The van der Waals surface area contributed by atoms with Crippen molar-refractivity contribution in [2.75, 3.05) is 10.3 Å². The monoisotopic (exact) mass is 340 g/mol. The molecule has 0 radical (unpaired) electrons. The molecule has 3 N–H and O–H groups in total. The number of nitrogens with one attached hydrogen (secondary N) is 1. The van der Waals surface area contributed by atoms with E-state index in [9.17, 15) is 9.59 Å². The molecule has 0 aliphatic carbocycles. The molecule has 8 heteroatoms. The first kappa shape index (κ1) is 16.7. The van der Waals surface area contributed by atoms with Crippen LogP contribution in [0.1, 0.15) is 17.8 Å². The molecule has 1 aliphatic rings. The highest BCUT2D eigenvalue weighted by Crippen LogP contribution is 2.25. The maximum Gasteiger partial charge on any atom is 0.272 e. The van der Waals surface area contributed by atoms with Crippen LogP contribution < -0.4 is 16.1 Å². The van der Waals surface area contributed by atoms with E-state index in [-0.39, 0.29) is 18.0 Å². The van der Waals surface area contributed by atoms with Crippen molar-refractivity contribution in [3.8, 4) is 0 Å². The first-order chi connectivity index (χ1) is 11.9. The van der Waals surface area contributed by atoms with Crippen molar-refractivity contribution in [2.45, 2.75) is 26.3 Å². The van der Waals surface area contributed by atoms with Gasteiger partial charge in [0, 0.05) is 13.5 Å². The van der Waals surface area contributed by atoms with E-state index in [1.807, 2.05) is 51.2 Å². The van der Waals surface area contributed by atoms with Crippen molar-refractivity contribution in [3.05, 3.63) is 41.7 Å². The number of carbonyl (C=O) groups is 2. The molecule has 1 aromatic heterocycles. The van der Waals surface area contributed by atoms with E-state index in [4.69, 9.17) is 5.73 Å². The molecule has 2 aromatic rings. The molecule has 0 saturated heterocycles. The SMILES string of the molecule is Cc1nn(C)c(C)c1NC(=O)C1=NN(c2ccccc2)[C@@H](C(N)=O)C1. The highest BCUT2D eigenvalue weighted by molar-refractivity contribution is 6.44. The predicted octanol–water partition coefficient (Wildman–Crippen LogP) is 1.10. The first-order valence-electron chi connectivity index (χ1n) is 7.91. The van der Waals surface area contributed by atoms with Crippen molar-refractivity contribution in [1.82, 2.24) is 9.78 Å². The van der Waals surface area contributed by atoms with Gasteiger partial charge in [0.1, 0.15) is 11.8 Å². The minimum absolute atomic E-state index is 0.161. The van der Waals surface area contributed by atoms with E-state index in [0.717, 1.165) is 11.4 Å². The third-order valence-electron chi connectivity index (χ3n) is 4.27. The van der Waals surface area contributed by atoms with E-state index >= 15 is 0 Å². The van der Waals surface area contributed by atoms with Gasteiger partial charge in [0.2, 0.25) is 5.91 Å². The molecule has 0 saturated carbocycles. The van der Waals surface area contributed by atoms with Crippen molar-refractivity contribution < 1.29 is 9.59 Å². The molecule has 2 heterocycles. The topological polar surface area (TPSA) is 106 Å². The standard InChI is InChI=1S/C17H20N6O2/c1-10-15(11(2)22(3)20-10)19-17(25)13-9-14(16(18)24)23(21-13)12-7-5-4-6-8-12/h4-8,14H,9H2,1-3H3,(H2,18,24)(H,19,25)/t14-/m1/s1. The zero-order chi connectivity index (χ0) is 18.1. The number of nitrogens with zero attached hydrogens (tertiary/aromatic N) is 4. The second-order valence-corrected chi connectivity index (χ2v) is 5.97. The summed E-state index contributed by atoms with van der Waals surface area (Å²) in [5.74, 6) is -0.881. The van der Waals surface area contributed by atoms with Crippen LogP contribution >= 0.6 is 0 Å². The summed E-state index contributed by atoms with van der Waals surface area (Å²) in [6.07, 6.45) is 0.161. The minimum atomic E-state index is -0.681. The quantitative estimate of drug-likeness (QED) is 0.869. The Bertz CT molecular complexity index is 856. The van der Waals surface area contributed by atoms with Gasteiger partial charge in [0.15, 0.2) is 0 Å². The molecule has 2 amide bonds. The lowest BCUT2D eigenvalue weighted by Crippen LogP contribution is -2.39. The molecule has 1 atom stereocenters. The van der Waals surface area contributed by atoms with Crippen LogP contribution in [-0.2, 0) is 16.6 Å². The number of hydrogen-bond donors (Lipinski definition) is 2. The number of benzene rings is 1. The van der Waals surface area contributed by atoms with Gasteiger partial charge < -0.3 is 11.1 Å². The van der Waals surface area contributed by atoms with Gasteiger partial charge in [-0.15, -0.1) is 0 Å². The largest absolute Gasteiger partial charge is 0.368 e. The van der Waals surface area contributed by atoms with Gasteiger partial charge in [-0.1, -0.05) is 18.2 Å². The van der Waals surface area contributed by atoms with E-state index in [0.29, 0.717) is 11.4 Å². The van der Waals surface area contributed by atoms with Gasteiger partial charge in [-0.05, 0) is 26.0 Å². The second kappa shape index (κ2) is 6.39. The number of nitrogens with two attached hydrogens (primary N) is 1. The predicted molar refractivity (Wildman–Crippen MR) is 95.3 cm³/mol. The number of hydrazone groups is 1. The van der Waals surface area contributed by atoms with Crippen LogP contribution in [0.25, 0.3) is 0 Å². The van der Waals surface area contributed by atoms with Crippen LogP contribution in [0.5, 0.6) is 0 Å². The minimum Gasteiger partial charge on any atom is -0.368 e. The Labute approximate surface area is 145 Å². The summed E-state index contributed by atoms with van der Waals surface area (Å²) in [5.41, 5.74) is 8.68. The molecular weight excluding hydrogens is 320 g/mol. The number of para-hydroxylation sites is 1. The van der Waals surface area contributed by atoms with Crippen LogP contribution in [0.4, 0.5) is 11.4 Å². The fraction of sp³-hybridized carbons (Fsp3) is 0.294. The van der Waals surface area contributed by atoms with E-state index in [1.54, 1.807) is 4.68 Å². The summed E-state index contributed by atoms with van der Waals surface area (Å²) in [4.78, 5) is 24.4. The molecule has 25 heavy (non-hydrogen) atoms. The molecule has 1 aromatic carbocycles. The number of rotatable bonds is 4. The normalized spacial score (nSPS) is 16.7. The van der Waals surface area contributed by atoms with Gasteiger partial charge in [-0.3, -0.25) is 19.3 Å². The van der Waals surface area contributed by atoms with E-state index < -0.39 is 11.9 Å². The lowest BCUT2D eigenvalue weighted by Gasteiger charge is -2.20. The summed E-state index contributed by atoms with van der Waals surface area (Å²) < 4.78 is 1.70. The van der Waals surface area contributed by atoms with Gasteiger partial charge in [-0.2, -0.15) is 10.2 Å². The maximum absolute atomic E-state index is 12.6. The Morgan fingerprint density at radius 3 is 2.48 bits per heavy atom. The summed E-state index contributed by atoms with van der Waals surface area (Å²) in [6.45, 7) is 3.69. The van der Waals surface area contributed by atoms with Crippen LogP contribution in [0, 0.1) is 13.8 Å². The lowest BCUT2D eigenvalue weighted by molar-refractivity contribution is -0.119. The zero-order valence-electron chi connectivity index (χ0n) is 14.4. The van der Waals surface area contributed by atoms with Crippen LogP contribution in [0.15, 0.2) is 35.4 Å². The molecule has 0 fully saturated rings. The average Bonchev–Trinajstić information content (AvgIpc) is 3.13. The van der Waals surface area contributed by atoms with E-state index in [2.05, 4.69) is 15.5 Å². The maximum atomic E-state index is 12.6. The number of carbonyl (C=O) groups excluding carboxylic acids is 2. The molecule has 3 rings (SSSR count). The second-order valence-electron chi connectivity index (χ2n) is 5.97. The van der Waals surface area contributed by atoms with Gasteiger partial charge in [0.05, 0.1) is 22.8 Å². The molecule has 130 valence electrons. The molecular formula is C17H20N6O2. The summed E-state index contributed by atoms with van der Waals surface area (Å²) >= 11 is 0. The fourth-order valence-corrected chi connectivity index (χ4v) is 2.83. The Kier molecular flexibility index (Phi) is 4.26. The van der Waals surface area contributed by atoms with Gasteiger partial charge in [0.25, 0.3) is 5.91 Å². The third kappa shape index (κ3) is 3.10. The van der Waals surface area contributed by atoms with Gasteiger partial charge >= 0.3 is 0 Å². The van der Waals surface area contributed by atoms with Crippen molar-refractivity contribution >= 4 is 28.9 Å². The van der Waals surface area contributed by atoms with Crippen molar-refractivity contribution in [1.29, 1.82) is 0 Å². The van der Waals surface area contributed by atoms with E-state index in [1.165, 1.54) is 5.01 Å². The number of hydrogen-bond acceptors (Lipinski definition) is 5. The van der Waals surface area contributed by atoms with Gasteiger partial charge in [-0.25, -0.2) is 0 Å². The summed E-state index contributed by atoms with van der Waals surface area (Å²) in [6, 6.07) is 8.49. The number of anilines is 2. The molecule has 8 nitrogen and oxygen atoms in total. The lowest BCUT2D eigenvalue weighted by atomic mass is 10.1. The first-order valence-corrected chi connectivity index (χ1v) is 7.91. The molecule has 0 bridgehead atoms. The van der Waals surface area contributed by atoms with Crippen LogP contribution in [-0.4, -0.2) is 33.3 Å². The average molecular weight is 340 g/mol. The number of aromatic nitrogens is 2. The number of aryl methyl sites for hydroxylation is 2. The Morgan fingerprint density at radius 1 is 1.24 bits per heavy atom. The molecule has 0 unspecified atom stereocenters. The van der Waals surface area contributed by atoms with Crippen molar-refractivity contribution in [3.63, 3.8) is 0 Å². The van der Waals surface area contributed by atoms with Crippen molar-refractivity contribution in [2.24, 2.45) is 17.9 Å². The smallest absolute Gasteiger partial charge is 0.272 e. The zero-order valence-corrected chi connectivity index (χ0v) is 14.4. The fourth-order valence-electron chi connectivity index (χ4n) is 2.83. The Hall–Kier alpha value is -3.16. The molecule has 1 aliphatic heterocycles.